The summed E-state index contributed by atoms with van der Waals surface area (Å²) in [6.45, 7) is 5.99. The SMILES string of the molecule is CCOc1ccc(CCNC2CCCC2)cc1C. The van der Waals surface area contributed by atoms with Crippen molar-refractivity contribution in [2.24, 2.45) is 0 Å². The zero-order valence-corrected chi connectivity index (χ0v) is 11.7. The zero-order chi connectivity index (χ0) is 12.8. The van der Waals surface area contributed by atoms with Gasteiger partial charge in [0.05, 0.1) is 6.61 Å². The Hall–Kier alpha value is -1.02. The highest BCUT2D eigenvalue weighted by molar-refractivity contribution is 5.36. The summed E-state index contributed by atoms with van der Waals surface area (Å²) in [7, 11) is 0. The smallest absolute Gasteiger partial charge is 0.122 e. The lowest BCUT2D eigenvalue weighted by Crippen LogP contribution is -2.27. The van der Waals surface area contributed by atoms with E-state index in [1.54, 1.807) is 0 Å². The van der Waals surface area contributed by atoms with Gasteiger partial charge in [0.25, 0.3) is 0 Å². The Morgan fingerprint density at radius 3 is 2.72 bits per heavy atom. The first-order valence-corrected chi connectivity index (χ1v) is 7.25. The maximum atomic E-state index is 5.56. The number of rotatable bonds is 6. The van der Waals surface area contributed by atoms with Crippen molar-refractivity contribution in [3.63, 3.8) is 0 Å². The second-order valence-electron chi connectivity index (χ2n) is 5.22. The quantitative estimate of drug-likeness (QED) is 0.831. The number of nitrogens with one attached hydrogen (secondary N) is 1. The molecule has 0 spiro atoms. The highest BCUT2D eigenvalue weighted by Gasteiger charge is 2.13. The second kappa shape index (κ2) is 6.79. The molecule has 1 N–H and O–H groups in total. The summed E-state index contributed by atoms with van der Waals surface area (Å²) in [5.41, 5.74) is 2.65. The van der Waals surface area contributed by atoms with E-state index in [0.717, 1.165) is 31.4 Å². The third-order valence-corrected chi connectivity index (χ3v) is 3.74. The molecule has 2 heteroatoms. The molecule has 0 heterocycles. The summed E-state index contributed by atoms with van der Waals surface area (Å²) < 4.78 is 5.56. The Balaban J connectivity index is 1.80. The van der Waals surface area contributed by atoms with E-state index in [-0.39, 0.29) is 0 Å². The minimum absolute atomic E-state index is 0.740. The van der Waals surface area contributed by atoms with Crippen molar-refractivity contribution in [2.45, 2.75) is 52.0 Å². The molecule has 1 aromatic carbocycles. The molecule has 1 aromatic rings. The van der Waals surface area contributed by atoms with Crippen LogP contribution in [0.1, 0.15) is 43.7 Å². The van der Waals surface area contributed by atoms with Crippen molar-refractivity contribution in [3.05, 3.63) is 29.3 Å². The van der Waals surface area contributed by atoms with Crippen LogP contribution in [0.5, 0.6) is 5.75 Å². The van der Waals surface area contributed by atoms with E-state index in [1.807, 2.05) is 6.92 Å². The van der Waals surface area contributed by atoms with Gasteiger partial charge in [0.2, 0.25) is 0 Å². The van der Waals surface area contributed by atoms with Gasteiger partial charge in [-0.25, -0.2) is 0 Å². The van der Waals surface area contributed by atoms with Gasteiger partial charge in [0.15, 0.2) is 0 Å². The molecule has 0 aliphatic heterocycles. The molecular formula is C16H25NO. The van der Waals surface area contributed by atoms with E-state index < -0.39 is 0 Å². The molecule has 100 valence electrons. The van der Waals surface area contributed by atoms with Crippen LogP contribution < -0.4 is 10.1 Å². The molecule has 0 radical (unpaired) electrons. The van der Waals surface area contributed by atoms with Crippen LogP contribution >= 0.6 is 0 Å². The highest BCUT2D eigenvalue weighted by Crippen LogP contribution is 2.20. The molecule has 0 atom stereocenters. The van der Waals surface area contributed by atoms with Crippen LogP contribution in [0.25, 0.3) is 0 Å². The van der Waals surface area contributed by atoms with Crippen LogP contribution in [0.15, 0.2) is 18.2 Å². The van der Waals surface area contributed by atoms with Crippen molar-refractivity contribution in [3.8, 4) is 5.75 Å². The molecule has 0 bridgehead atoms. The minimum atomic E-state index is 0.740. The minimum Gasteiger partial charge on any atom is -0.494 e. The van der Waals surface area contributed by atoms with E-state index in [4.69, 9.17) is 4.74 Å². The largest absolute Gasteiger partial charge is 0.494 e. The average molecular weight is 247 g/mol. The Morgan fingerprint density at radius 2 is 2.06 bits per heavy atom. The van der Waals surface area contributed by atoms with E-state index in [1.165, 1.54) is 36.8 Å². The van der Waals surface area contributed by atoms with Gasteiger partial charge in [0, 0.05) is 6.04 Å². The normalized spacial score (nSPS) is 16.1. The maximum absolute atomic E-state index is 5.56. The first-order valence-electron chi connectivity index (χ1n) is 7.25. The fourth-order valence-electron chi connectivity index (χ4n) is 2.74. The Morgan fingerprint density at radius 1 is 1.28 bits per heavy atom. The molecule has 1 fully saturated rings. The standard InChI is InChI=1S/C16H25NO/c1-3-18-16-9-8-14(12-13(16)2)10-11-17-15-6-4-5-7-15/h8-9,12,15,17H,3-7,10-11H2,1-2H3. The number of hydrogen-bond acceptors (Lipinski definition) is 2. The van der Waals surface area contributed by atoms with Gasteiger partial charge in [-0.05, 0) is 56.8 Å². The number of aryl methyl sites for hydroxylation is 1. The van der Waals surface area contributed by atoms with Crippen LogP contribution in [0.3, 0.4) is 0 Å². The Kier molecular flexibility index (Phi) is 5.06. The summed E-state index contributed by atoms with van der Waals surface area (Å²) >= 11 is 0. The van der Waals surface area contributed by atoms with Crippen LogP contribution in [-0.2, 0) is 6.42 Å². The fraction of sp³-hybridized carbons (Fsp3) is 0.625. The molecule has 2 nitrogen and oxygen atoms in total. The summed E-state index contributed by atoms with van der Waals surface area (Å²) in [6, 6.07) is 7.31. The van der Waals surface area contributed by atoms with Crippen LogP contribution in [0.4, 0.5) is 0 Å². The highest BCUT2D eigenvalue weighted by atomic mass is 16.5. The van der Waals surface area contributed by atoms with Gasteiger partial charge < -0.3 is 10.1 Å². The predicted molar refractivity (Wildman–Crippen MR) is 76.3 cm³/mol. The fourth-order valence-corrected chi connectivity index (χ4v) is 2.74. The van der Waals surface area contributed by atoms with Crippen molar-refractivity contribution < 1.29 is 4.74 Å². The lowest BCUT2D eigenvalue weighted by atomic mass is 10.1. The lowest BCUT2D eigenvalue weighted by Gasteiger charge is -2.12. The molecule has 2 rings (SSSR count). The molecule has 0 unspecified atom stereocenters. The van der Waals surface area contributed by atoms with Crippen molar-refractivity contribution in [2.75, 3.05) is 13.2 Å². The van der Waals surface area contributed by atoms with Crippen molar-refractivity contribution >= 4 is 0 Å². The van der Waals surface area contributed by atoms with Gasteiger partial charge in [-0.2, -0.15) is 0 Å². The van der Waals surface area contributed by atoms with Crippen molar-refractivity contribution in [1.29, 1.82) is 0 Å². The number of benzene rings is 1. The lowest BCUT2D eigenvalue weighted by molar-refractivity contribution is 0.338. The average Bonchev–Trinajstić information content (AvgIpc) is 2.86. The van der Waals surface area contributed by atoms with Crippen LogP contribution in [-0.4, -0.2) is 19.2 Å². The van der Waals surface area contributed by atoms with Gasteiger partial charge in [-0.1, -0.05) is 25.0 Å². The van der Waals surface area contributed by atoms with E-state index in [2.05, 4.69) is 30.4 Å². The van der Waals surface area contributed by atoms with E-state index in [0.29, 0.717) is 0 Å². The summed E-state index contributed by atoms with van der Waals surface area (Å²) in [4.78, 5) is 0. The third-order valence-electron chi connectivity index (χ3n) is 3.74. The summed E-state index contributed by atoms with van der Waals surface area (Å²) in [6.07, 6.45) is 6.65. The molecule has 1 saturated carbocycles. The molecule has 18 heavy (non-hydrogen) atoms. The van der Waals surface area contributed by atoms with Gasteiger partial charge in [0.1, 0.15) is 5.75 Å². The Bertz CT molecular complexity index is 369. The molecule has 1 aliphatic carbocycles. The monoisotopic (exact) mass is 247 g/mol. The van der Waals surface area contributed by atoms with Crippen LogP contribution in [0.2, 0.25) is 0 Å². The van der Waals surface area contributed by atoms with Crippen LogP contribution in [0, 0.1) is 6.92 Å². The molecule has 0 amide bonds. The second-order valence-corrected chi connectivity index (χ2v) is 5.22. The van der Waals surface area contributed by atoms with Gasteiger partial charge in [-0.15, -0.1) is 0 Å². The molecular weight excluding hydrogens is 222 g/mol. The first kappa shape index (κ1) is 13.4. The first-order chi connectivity index (χ1) is 8.79. The number of hydrogen-bond donors (Lipinski definition) is 1. The molecule has 0 aromatic heterocycles. The topological polar surface area (TPSA) is 21.3 Å². The summed E-state index contributed by atoms with van der Waals surface area (Å²) in [5, 5.41) is 3.66. The third kappa shape index (κ3) is 3.74. The zero-order valence-electron chi connectivity index (χ0n) is 11.7. The van der Waals surface area contributed by atoms with Gasteiger partial charge >= 0.3 is 0 Å². The van der Waals surface area contributed by atoms with Gasteiger partial charge in [-0.3, -0.25) is 0 Å². The maximum Gasteiger partial charge on any atom is 0.122 e. The summed E-state index contributed by atoms with van der Waals surface area (Å²) in [5.74, 6) is 1.02. The number of ether oxygens (including phenoxy) is 1. The Labute approximate surface area is 111 Å². The van der Waals surface area contributed by atoms with E-state index >= 15 is 0 Å². The predicted octanol–water partition coefficient (Wildman–Crippen LogP) is 3.47. The molecule has 1 aliphatic rings. The molecule has 0 saturated heterocycles. The van der Waals surface area contributed by atoms with Crippen molar-refractivity contribution in [1.82, 2.24) is 5.32 Å². The van der Waals surface area contributed by atoms with E-state index in [9.17, 15) is 0 Å².